The van der Waals surface area contributed by atoms with Gasteiger partial charge in [0, 0.05) is 17.2 Å². The van der Waals surface area contributed by atoms with Gasteiger partial charge in [-0.1, -0.05) is 0 Å². The Hall–Kier alpha value is -0.180. The van der Waals surface area contributed by atoms with Gasteiger partial charge in [-0.15, -0.1) is 0 Å². The van der Waals surface area contributed by atoms with Crippen molar-refractivity contribution in [3.8, 4) is 0 Å². The highest BCUT2D eigenvalue weighted by molar-refractivity contribution is 8.00. The van der Waals surface area contributed by atoms with Crippen molar-refractivity contribution in [3.05, 3.63) is 0 Å². The van der Waals surface area contributed by atoms with E-state index in [9.17, 15) is 4.79 Å². The predicted molar refractivity (Wildman–Crippen MR) is 51.3 cm³/mol. The first kappa shape index (κ1) is 8.42. The Labute approximate surface area is 77.5 Å². The Balaban J connectivity index is 2.05. The lowest BCUT2D eigenvalue weighted by molar-refractivity contribution is -0.119. The molecule has 2 heterocycles. The monoisotopic (exact) mass is 185 g/mol. The summed E-state index contributed by atoms with van der Waals surface area (Å²) < 4.78 is 0. The largest absolute Gasteiger partial charge is 0.350 e. The first-order valence-corrected chi connectivity index (χ1v) is 5.68. The fourth-order valence-electron chi connectivity index (χ4n) is 2.14. The Morgan fingerprint density at radius 1 is 1.67 bits per heavy atom. The maximum atomic E-state index is 11.1. The van der Waals surface area contributed by atoms with Crippen LogP contribution in [-0.4, -0.2) is 22.4 Å². The highest BCUT2D eigenvalue weighted by Gasteiger charge is 2.41. The zero-order valence-corrected chi connectivity index (χ0v) is 8.25. The maximum Gasteiger partial charge on any atom is 0.220 e. The van der Waals surface area contributed by atoms with Crippen LogP contribution in [-0.2, 0) is 4.79 Å². The van der Waals surface area contributed by atoms with Crippen molar-refractivity contribution in [2.45, 2.75) is 43.4 Å². The molecule has 2 fully saturated rings. The molecular formula is C9H15NOS. The number of thioether (sulfide) groups is 1. The van der Waals surface area contributed by atoms with E-state index in [0.717, 1.165) is 12.8 Å². The Morgan fingerprint density at radius 3 is 3.00 bits per heavy atom. The standard InChI is InChI=1S/C9H15NOS/c1-9(5-4-8(11)10-9)7-3-2-6-12-7/h7H,2-6H2,1H3,(H,10,11). The molecule has 0 bridgehead atoms. The first-order chi connectivity index (χ1) is 5.71. The van der Waals surface area contributed by atoms with Crippen LogP contribution < -0.4 is 5.32 Å². The topological polar surface area (TPSA) is 29.1 Å². The van der Waals surface area contributed by atoms with E-state index >= 15 is 0 Å². The lowest BCUT2D eigenvalue weighted by Crippen LogP contribution is -2.46. The zero-order valence-electron chi connectivity index (χ0n) is 7.43. The maximum absolute atomic E-state index is 11.1. The van der Waals surface area contributed by atoms with Gasteiger partial charge in [0.15, 0.2) is 0 Å². The highest BCUT2D eigenvalue weighted by atomic mass is 32.2. The van der Waals surface area contributed by atoms with Gasteiger partial charge in [-0.05, 0) is 31.9 Å². The van der Waals surface area contributed by atoms with E-state index in [4.69, 9.17) is 0 Å². The molecule has 12 heavy (non-hydrogen) atoms. The molecule has 2 atom stereocenters. The molecule has 1 N–H and O–H groups in total. The summed E-state index contributed by atoms with van der Waals surface area (Å²) >= 11 is 2.03. The number of amides is 1. The number of nitrogens with one attached hydrogen (secondary N) is 1. The van der Waals surface area contributed by atoms with Gasteiger partial charge in [0.1, 0.15) is 0 Å². The molecule has 0 aromatic heterocycles. The molecule has 1 amide bonds. The number of hydrogen-bond donors (Lipinski definition) is 1. The molecule has 0 spiro atoms. The third-order valence-corrected chi connectivity index (χ3v) is 4.62. The summed E-state index contributed by atoms with van der Waals surface area (Å²) in [5.74, 6) is 1.51. The average molecular weight is 185 g/mol. The minimum Gasteiger partial charge on any atom is -0.350 e. The normalized spacial score (nSPS) is 41.8. The van der Waals surface area contributed by atoms with Crippen LogP contribution in [0.5, 0.6) is 0 Å². The number of carbonyl (C=O) groups is 1. The molecule has 2 aliphatic rings. The summed E-state index contributed by atoms with van der Waals surface area (Å²) in [7, 11) is 0. The van der Waals surface area contributed by atoms with Crippen molar-refractivity contribution in [1.82, 2.24) is 5.32 Å². The molecule has 0 aliphatic carbocycles. The van der Waals surface area contributed by atoms with Crippen LogP contribution in [0.15, 0.2) is 0 Å². The SMILES string of the molecule is CC1(C2CCCS2)CCC(=O)N1. The molecule has 2 rings (SSSR count). The molecule has 2 unspecified atom stereocenters. The fourth-order valence-corrected chi connectivity index (χ4v) is 3.63. The van der Waals surface area contributed by atoms with Crippen LogP contribution in [0.25, 0.3) is 0 Å². The van der Waals surface area contributed by atoms with E-state index in [-0.39, 0.29) is 11.4 Å². The fraction of sp³-hybridized carbons (Fsp3) is 0.889. The van der Waals surface area contributed by atoms with Gasteiger partial charge < -0.3 is 5.32 Å². The average Bonchev–Trinajstić information content (AvgIpc) is 2.59. The summed E-state index contributed by atoms with van der Waals surface area (Å²) in [4.78, 5) is 11.1. The number of carbonyl (C=O) groups excluding carboxylic acids is 1. The molecule has 0 radical (unpaired) electrons. The van der Waals surface area contributed by atoms with Crippen LogP contribution in [0.1, 0.15) is 32.6 Å². The quantitative estimate of drug-likeness (QED) is 0.671. The van der Waals surface area contributed by atoms with Crippen LogP contribution in [0.2, 0.25) is 0 Å². The second-order valence-corrected chi connectivity index (χ2v) is 5.28. The zero-order chi connectivity index (χ0) is 8.60. The minimum atomic E-state index is 0.109. The molecule has 0 saturated carbocycles. The molecule has 2 nitrogen and oxygen atoms in total. The van der Waals surface area contributed by atoms with Gasteiger partial charge in [-0.3, -0.25) is 4.79 Å². The third kappa shape index (κ3) is 1.35. The smallest absolute Gasteiger partial charge is 0.220 e. The van der Waals surface area contributed by atoms with Gasteiger partial charge in [0.2, 0.25) is 5.91 Å². The van der Waals surface area contributed by atoms with E-state index in [1.165, 1.54) is 18.6 Å². The number of hydrogen-bond acceptors (Lipinski definition) is 2. The Kier molecular flexibility index (Phi) is 2.07. The molecule has 2 aliphatic heterocycles. The number of rotatable bonds is 1. The Bertz CT molecular complexity index is 201. The summed E-state index contributed by atoms with van der Waals surface area (Å²) in [6.45, 7) is 2.20. The van der Waals surface area contributed by atoms with E-state index in [1.54, 1.807) is 0 Å². The molecular weight excluding hydrogens is 170 g/mol. The minimum absolute atomic E-state index is 0.109. The van der Waals surface area contributed by atoms with Crippen LogP contribution in [0.3, 0.4) is 0 Å². The van der Waals surface area contributed by atoms with Gasteiger partial charge in [-0.25, -0.2) is 0 Å². The van der Waals surface area contributed by atoms with Gasteiger partial charge in [0.05, 0.1) is 0 Å². The van der Waals surface area contributed by atoms with Gasteiger partial charge in [-0.2, -0.15) is 11.8 Å². The summed E-state index contributed by atoms with van der Waals surface area (Å²) in [6, 6.07) is 0. The van der Waals surface area contributed by atoms with Crippen molar-refractivity contribution >= 4 is 17.7 Å². The van der Waals surface area contributed by atoms with Crippen molar-refractivity contribution in [1.29, 1.82) is 0 Å². The van der Waals surface area contributed by atoms with E-state index < -0.39 is 0 Å². The summed E-state index contributed by atoms with van der Waals surface area (Å²) in [5.41, 5.74) is 0.109. The summed E-state index contributed by atoms with van der Waals surface area (Å²) in [6.07, 6.45) is 4.36. The molecule has 0 aromatic carbocycles. The van der Waals surface area contributed by atoms with Crippen molar-refractivity contribution in [2.24, 2.45) is 0 Å². The van der Waals surface area contributed by atoms with Gasteiger partial charge >= 0.3 is 0 Å². The van der Waals surface area contributed by atoms with Gasteiger partial charge in [0.25, 0.3) is 0 Å². The third-order valence-electron chi connectivity index (χ3n) is 2.94. The van der Waals surface area contributed by atoms with Crippen LogP contribution in [0.4, 0.5) is 0 Å². The predicted octanol–water partition coefficient (Wildman–Crippen LogP) is 1.55. The summed E-state index contributed by atoms with van der Waals surface area (Å²) in [5, 5.41) is 3.78. The lowest BCUT2D eigenvalue weighted by atomic mass is 9.93. The Morgan fingerprint density at radius 2 is 2.50 bits per heavy atom. The highest BCUT2D eigenvalue weighted by Crippen LogP contribution is 2.38. The first-order valence-electron chi connectivity index (χ1n) is 4.63. The van der Waals surface area contributed by atoms with E-state index in [0.29, 0.717) is 5.25 Å². The van der Waals surface area contributed by atoms with E-state index in [1.807, 2.05) is 11.8 Å². The lowest BCUT2D eigenvalue weighted by Gasteiger charge is -2.30. The molecule has 68 valence electrons. The van der Waals surface area contributed by atoms with E-state index in [2.05, 4.69) is 12.2 Å². The van der Waals surface area contributed by atoms with Crippen molar-refractivity contribution < 1.29 is 4.79 Å². The van der Waals surface area contributed by atoms with Crippen LogP contribution in [0, 0.1) is 0 Å². The van der Waals surface area contributed by atoms with Crippen LogP contribution >= 0.6 is 11.8 Å². The second kappa shape index (κ2) is 2.95. The molecule has 2 saturated heterocycles. The van der Waals surface area contributed by atoms with Crippen molar-refractivity contribution in [2.75, 3.05) is 5.75 Å². The molecule has 0 aromatic rings. The van der Waals surface area contributed by atoms with Crippen molar-refractivity contribution in [3.63, 3.8) is 0 Å². The second-order valence-electron chi connectivity index (χ2n) is 3.97. The molecule has 3 heteroatoms.